The molecule has 0 aromatic heterocycles. The first-order chi connectivity index (χ1) is 12.8. The summed E-state index contributed by atoms with van der Waals surface area (Å²) in [5.41, 5.74) is 0.0858. The van der Waals surface area contributed by atoms with E-state index in [1.807, 2.05) is 13.8 Å². The van der Waals surface area contributed by atoms with Crippen LogP contribution in [-0.4, -0.2) is 71.2 Å². The first kappa shape index (κ1) is 19.3. The minimum absolute atomic E-state index is 0.00417. The third-order valence-corrected chi connectivity index (χ3v) is 5.18. The standard InChI is InChI=1S/C19H23F2N3O3/c1-12(2)24-11-14(10-17(24)25)19(27)23-7-5-22(6-8-23)18(26)13-3-4-15(20)16(21)9-13/h3-4,9,12,14H,5-8,10-11H2,1-2H3. The summed E-state index contributed by atoms with van der Waals surface area (Å²) in [4.78, 5) is 42.1. The van der Waals surface area contributed by atoms with Gasteiger partial charge in [0, 0.05) is 50.7 Å². The number of piperazine rings is 1. The molecule has 0 radical (unpaired) electrons. The van der Waals surface area contributed by atoms with Crippen molar-refractivity contribution in [3.05, 3.63) is 35.4 Å². The summed E-state index contributed by atoms with van der Waals surface area (Å²) in [5.74, 6) is -2.85. The molecule has 2 fully saturated rings. The fraction of sp³-hybridized carbons (Fsp3) is 0.526. The Morgan fingerprint density at radius 1 is 1.04 bits per heavy atom. The minimum Gasteiger partial charge on any atom is -0.339 e. The Balaban J connectivity index is 1.57. The van der Waals surface area contributed by atoms with Crippen molar-refractivity contribution < 1.29 is 23.2 Å². The number of halogens is 2. The van der Waals surface area contributed by atoms with E-state index >= 15 is 0 Å². The lowest BCUT2D eigenvalue weighted by Gasteiger charge is -2.36. The number of nitrogens with zero attached hydrogens (tertiary/aromatic N) is 3. The van der Waals surface area contributed by atoms with Gasteiger partial charge in [-0.15, -0.1) is 0 Å². The highest BCUT2D eigenvalue weighted by Crippen LogP contribution is 2.23. The summed E-state index contributed by atoms with van der Waals surface area (Å²) in [5, 5.41) is 0. The summed E-state index contributed by atoms with van der Waals surface area (Å²) in [6.45, 7) is 5.64. The van der Waals surface area contributed by atoms with Crippen molar-refractivity contribution in [2.45, 2.75) is 26.3 Å². The number of hydrogen-bond donors (Lipinski definition) is 0. The second-order valence-electron chi connectivity index (χ2n) is 7.29. The number of amides is 3. The molecular formula is C19H23F2N3O3. The van der Waals surface area contributed by atoms with Crippen molar-refractivity contribution in [2.24, 2.45) is 5.92 Å². The monoisotopic (exact) mass is 379 g/mol. The maximum Gasteiger partial charge on any atom is 0.254 e. The largest absolute Gasteiger partial charge is 0.339 e. The van der Waals surface area contributed by atoms with E-state index in [-0.39, 0.29) is 41.7 Å². The van der Waals surface area contributed by atoms with E-state index in [0.717, 1.165) is 12.1 Å². The second-order valence-corrected chi connectivity index (χ2v) is 7.29. The Morgan fingerprint density at radius 2 is 1.67 bits per heavy atom. The maximum atomic E-state index is 13.3. The summed E-state index contributed by atoms with van der Waals surface area (Å²) in [6, 6.07) is 3.14. The number of hydrogen-bond acceptors (Lipinski definition) is 3. The van der Waals surface area contributed by atoms with Crippen LogP contribution >= 0.6 is 0 Å². The van der Waals surface area contributed by atoms with Gasteiger partial charge >= 0.3 is 0 Å². The summed E-state index contributed by atoms with van der Waals surface area (Å²) in [6.07, 6.45) is 0.227. The first-order valence-corrected chi connectivity index (χ1v) is 9.10. The number of likely N-dealkylation sites (tertiary alicyclic amines) is 1. The van der Waals surface area contributed by atoms with E-state index in [0.29, 0.717) is 32.7 Å². The molecule has 1 aromatic carbocycles. The van der Waals surface area contributed by atoms with Crippen molar-refractivity contribution >= 4 is 17.7 Å². The van der Waals surface area contributed by atoms with Gasteiger partial charge in [0.2, 0.25) is 11.8 Å². The van der Waals surface area contributed by atoms with Gasteiger partial charge in [-0.3, -0.25) is 14.4 Å². The molecule has 8 heteroatoms. The van der Waals surface area contributed by atoms with Crippen LogP contribution in [0.2, 0.25) is 0 Å². The van der Waals surface area contributed by atoms with Crippen LogP contribution in [0.25, 0.3) is 0 Å². The highest BCUT2D eigenvalue weighted by atomic mass is 19.2. The van der Waals surface area contributed by atoms with Gasteiger partial charge in [-0.25, -0.2) is 8.78 Å². The number of carbonyl (C=O) groups excluding carboxylic acids is 3. The highest BCUT2D eigenvalue weighted by molar-refractivity contribution is 5.94. The first-order valence-electron chi connectivity index (χ1n) is 9.10. The Labute approximate surface area is 156 Å². The van der Waals surface area contributed by atoms with E-state index in [4.69, 9.17) is 0 Å². The van der Waals surface area contributed by atoms with Crippen LogP contribution in [0.5, 0.6) is 0 Å². The van der Waals surface area contributed by atoms with Crippen molar-refractivity contribution in [2.75, 3.05) is 32.7 Å². The lowest BCUT2D eigenvalue weighted by Crippen LogP contribution is -2.52. The molecule has 27 heavy (non-hydrogen) atoms. The lowest BCUT2D eigenvalue weighted by molar-refractivity contribution is -0.137. The van der Waals surface area contributed by atoms with Gasteiger partial charge in [0.25, 0.3) is 5.91 Å². The SMILES string of the molecule is CC(C)N1CC(C(=O)N2CCN(C(=O)c3ccc(F)c(F)c3)CC2)CC1=O. The molecule has 0 aliphatic carbocycles. The molecule has 2 aliphatic rings. The van der Waals surface area contributed by atoms with E-state index < -0.39 is 11.6 Å². The highest BCUT2D eigenvalue weighted by Gasteiger charge is 2.38. The third-order valence-electron chi connectivity index (χ3n) is 5.18. The Bertz CT molecular complexity index is 761. The molecule has 0 bridgehead atoms. The molecule has 1 aromatic rings. The molecular weight excluding hydrogens is 356 g/mol. The van der Waals surface area contributed by atoms with E-state index in [2.05, 4.69) is 0 Å². The number of carbonyl (C=O) groups is 3. The van der Waals surface area contributed by atoms with Gasteiger partial charge in [0.1, 0.15) is 0 Å². The molecule has 1 atom stereocenters. The van der Waals surface area contributed by atoms with Crippen molar-refractivity contribution in [3.8, 4) is 0 Å². The van der Waals surface area contributed by atoms with Crippen molar-refractivity contribution in [3.63, 3.8) is 0 Å². The van der Waals surface area contributed by atoms with Crippen LogP contribution in [-0.2, 0) is 9.59 Å². The molecule has 2 heterocycles. The smallest absolute Gasteiger partial charge is 0.254 e. The molecule has 3 amide bonds. The predicted octanol–water partition coefficient (Wildman–Crippen LogP) is 1.51. The van der Waals surface area contributed by atoms with E-state index in [1.54, 1.807) is 9.80 Å². The van der Waals surface area contributed by atoms with Crippen LogP contribution in [0.3, 0.4) is 0 Å². The van der Waals surface area contributed by atoms with Gasteiger partial charge in [0.05, 0.1) is 5.92 Å². The molecule has 0 spiro atoms. The normalized spacial score (nSPS) is 20.6. The predicted molar refractivity (Wildman–Crippen MR) is 93.8 cm³/mol. The van der Waals surface area contributed by atoms with Crippen LogP contribution in [0.4, 0.5) is 8.78 Å². The van der Waals surface area contributed by atoms with Gasteiger partial charge in [-0.1, -0.05) is 0 Å². The van der Waals surface area contributed by atoms with E-state index in [1.165, 1.54) is 11.0 Å². The Morgan fingerprint density at radius 3 is 2.22 bits per heavy atom. The molecule has 2 aliphatic heterocycles. The van der Waals surface area contributed by atoms with Crippen LogP contribution in [0.15, 0.2) is 18.2 Å². The molecule has 1 unspecified atom stereocenters. The van der Waals surface area contributed by atoms with Crippen molar-refractivity contribution in [1.82, 2.24) is 14.7 Å². The lowest BCUT2D eigenvalue weighted by atomic mass is 10.1. The molecule has 6 nitrogen and oxygen atoms in total. The number of rotatable bonds is 3. The second kappa shape index (κ2) is 7.62. The Hall–Kier alpha value is -2.51. The summed E-state index contributed by atoms with van der Waals surface area (Å²) >= 11 is 0. The van der Waals surface area contributed by atoms with Gasteiger partial charge in [0.15, 0.2) is 11.6 Å². The van der Waals surface area contributed by atoms with Crippen molar-refractivity contribution in [1.29, 1.82) is 0 Å². The van der Waals surface area contributed by atoms with Gasteiger partial charge in [-0.2, -0.15) is 0 Å². The quantitative estimate of drug-likeness (QED) is 0.800. The molecule has 0 N–H and O–H groups in total. The summed E-state index contributed by atoms with van der Waals surface area (Å²) in [7, 11) is 0. The third kappa shape index (κ3) is 3.94. The average Bonchev–Trinajstić information content (AvgIpc) is 3.05. The number of benzene rings is 1. The molecule has 2 saturated heterocycles. The Kier molecular flexibility index (Phi) is 5.43. The van der Waals surface area contributed by atoms with Gasteiger partial charge in [-0.05, 0) is 32.0 Å². The topological polar surface area (TPSA) is 60.9 Å². The maximum absolute atomic E-state index is 13.3. The fourth-order valence-corrected chi connectivity index (χ4v) is 3.60. The van der Waals surface area contributed by atoms with Crippen LogP contribution in [0.1, 0.15) is 30.6 Å². The van der Waals surface area contributed by atoms with Crippen LogP contribution < -0.4 is 0 Å². The fourth-order valence-electron chi connectivity index (χ4n) is 3.60. The zero-order valence-electron chi connectivity index (χ0n) is 15.5. The minimum atomic E-state index is -1.06. The molecule has 0 saturated carbocycles. The van der Waals surface area contributed by atoms with E-state index in [9.17, 15) is 23.2 Å². The molecule has 146 valence electrons. The zero-order valence-corrected chi connectivity index (χ0v) is 15.5. The molecule has 3 rings (SSSR count). The summed E-state index contributed by atoms with van der Waals surface area (Å²) < 4.78 is 26.4. The average molecular weight is 379 g/mol. The van der Waals surface area contributed by atoms with Gasteiger partial charge < -0.3 is 14.7 Å². The van der Waals surface area contributed by atoms with Crippen LogP contribution in [0, 0.1) is 17.6 Å². The zero-order chi connectivity index (χ0) is 19.7.